The van der Waals surface area contributed by atoms with E-state index in [1.807, 2.05) is 67.4 Å². The van der Waals surface area contributed by atoms with Crippen LogP contribution in [0.5, 0.6) is 0 Å². The van der Waals surface area contributed by atoms with Crippen LogP contribution in [0.2, 0.25) is 0 Å². The first kappa shape index (κ1) is 15.4. The molecule has 0 radical (unpaired) electrons. The van der Waals surface area contributed by atoms with Gasteiger partial charge in [0.1, 0.15) is 17.7 Å². The van der Waals surface area contributed by atoms with Gasteiger partial charge in [-0.1, -0.05) is 18.7 Å². The van der Waals surface area contributed by atoms with Crippen molar-refractivity contribution in [3.05, 3.63) is 53.1 Å². The number of nitriles is 2. The lowest BCUT2D eigenvalue weighted by Gasteiger charge is -2.20. The fourth-order valence-electron chi connectivity index (χ4n) is 2.49. The number of rotatable bonds is 3. The van der Waals surface area contributed by atoms with Crippen LogP contribution in [-0.4, -0.2) is 32.6 Å². The van der Waals surface area contributed by atoms with E-state index >= 15 is 0 Å². The number of anilines is 1. The summed E-state index contributed by atoms with van der Waals surface area (Å²) >= 11 is 0. The molecule has 0 atom stereocenters. The Balaban J connectivity index is 2.61. The fraction of sp³-hybridized carbons (Fsp3) is 0.222. The summed E-state index contributed by atoms with van der Waals surface area (Å²) in [5.41, 5.74) is 5.09. The molecule has 0 aliphatic carbocycles. The molecule has 0 spiro atoms. The van der Waals surface area contributed by atoms with E-state index in [9.17, 15) is 0 Å². The summed E-state index contributed by atoms with van der Waals surface area (Å²) < 4.78 is 0. The number of hydrogen-bond acceptors (Lipinski definition) is 4. The smallest absolute Gasteiger partial charge is 0.134 e. The Bertz CT molecular complexity index is 738. The molecule has 0 saturated heterocycles. The molecule has 4 nitrogen and oxygen atoms in total. The van der Waals surface area contributed by atoms with Crippen molar-refractivity contribution >= 4 is 17.5 Å². The largest absolute Gasteiger partial charge is 0.378 e. The SMILES string of the molecule is C=Cc1ccc(N(C)C)cc1C1=CC(=C(C#N)C#N)CN1C. The van der Waals surface area contributed by atoms with Crippen molar-refractivity contribution in [1.29, 1.82) is 10.5 Å². The molecule has 0 amide bonds. The highest BCUT2D eigenvalue weighted by molar-refractivity contribution is 5.79. The second-order valence-corrected chi connectivity index (χ2v) is 5.38. The molecule has 4 heteroatoms. The van der Waals surface area contributed by atoms with Crippen LogP contribution in [0.25, 0.3) is 11.8 Å². The standard InChI is InChI=1S/C18H18N4/c1-5-13-6-7-16(21(2)3)9-17(13)18-8-14(12-22(18)4)15(10-19)11-20/h5-9H,1,12H2,2-4H3. The number of benzene rings is 1. The molecule has 2 rings (SSSR count). The Morgan fingerprint density at radius 2 is 2.00 bits per heavy atom. The van der Waals surface area contributed by atoms with Crippen LogP contribution >= 0.6 is 0 Å². The molecule has 0 saturated carbocycles. The van der Waals surface area contributed by atoms with Crippen LogP contribution < -0.4 is 4.90 Å². The number of allylic oxidation sites excluding steroid dienone is 1. The summed E-state index contributed by atoms with van der Waals surface area (Å²) in [5.74, 6) is 0. The summed E-state index contributed by atoms with van der Waals surface area (Å²) in [6.07, 6.45) is 3.74. The van der Waals surface area contributed by atoms with Gasteiger partial charge in [-0.2, -0.15) is 10.5 Å². The van der Waals surface area contributed by atoms with E-state index in [2.05, 4.69) is 12.6 Å². The van der Waals surface area contributed by atoms with Crippen LogP contribution in [0, 0.1) is 22.7 Å². The highest BCUT2D eigenvalue weighted by Crippen LogP contribution is 2.33. The number of likely N-dealkylation sites (N-methyl/N-ethyl adjacent to an activating group) is 1. The molecule has 0 unspecified atom stereocenters. The second-order valence-electron chi connectivity index (χ2n) is 5.38. The minimum atomic E-state index is 0.172. The van der Waals surface area contributed by atoms with E-state index < -0.39 is 0 Å². The minimum absolute atomic E-state index is 0.172. The topological polar surface area (TPSA) is 54.1 Å². The van der Waals surface area contributed by atoms with Crippen LogP contribution in [-0.2, 0) is 0 Å². The van der Waals surface area contributed by atoms with E-state index in [0.29, 0.717) is 6.54 Å². The van der Waals surface area contributed by atoms with E-state index in [1.165, 1.54) is 0 Å². The van der Waals surface area contributed by atoms with Crippen molar-refractivity contribution in [2.24, 2.45) is 0 Å². The van der Waals surface area contributed by atoms with Gasteiger partial charge in [-0.3, -0.25) is 0 Å². The van der Waals surface area contributed by atoms with E-state index in [1.54, 1.807) is 0 Å². The van der Waals surface area contributed by atoms with Gasteiger partial charge >= 0.3 is 0 Å². The van der Waals surface area contributed by atoms with Crippen LogP contribution in [0.15, 0.2) is 42.0 Å². The Kier molecular flexibility index (Phi) is 4.34. The number of nitrogens with zero attached hydrogens (tertiary/aromatic N) is 4. The third kappa shape index (κ3) is 2.73. The van der Waals surface area contributed by atoms with Crippen molar-refractivity contribution in [3.8, 4) is 12.1 Å². The van der Waals surface area contributed by atoms with Gasteiger partial charge in [0.25, 0.3) is 0 Å². The molecular formula is C18H18N4. The monoisotopic (exact) mass is 290 g/mol. The third-order valence-electron chi connectivity index (χ3n) is 3.72. The molecule has 0 bridgehead atoms. The van der Waals surface area contributed by atoms with Gasteiger partial charge in [0.05, 0.1) is 0 Å². The maximum Gasteiger partial charge on any atom is 0.134 e. The maximum absolute atomic E-state index is 9.05. The summed E-state index contributed by atoms with van der Waals surface area (Å²) in [6, 6.07) is 10.1. The van der Waals surface area contributed by atoms with E-state index in [4.69, 9.17) is 10.5 Å². The Hall–Kier alpha value is -2.98. The van der Waals surface area contributed by atoms with Gasteiger partial charge in [0.15, 0.2) is 0 Å². The quantitative estimate of drug-likeness (QED) is 0.803. The Morgan fingerprint density at radius 1 is 1.32 bits per heavy atom. The van der Waals surface area contributed by atoms with Crippen LogP contribution in [0.1, 0.15) is 11.1 Å². The second kappa shape index (κ2) is 6.20. The summed E-state index contributed by atoms with van der Waals surface area (Å²) in [5, 5.41) is 18.1. The zero-order valence-electron chi connectivity index (χ0n) is 13.1. The first-order chi connectivity index (χ1) is 10.5. The van der Waals surface area contributed by atoms with Gasteiger partial charge in [0.2, 0.25) is 0 Å². The third-order valence-corrected chi connectivity index (χ3v) is 3.72. The van der Waals surface area contributed by atoms with Crippen LogP contribution in [0.4, 0.5) is 5.69 Å². The van der Waals surface area contributed by atoms with Gasteiger partial charge in [-0.05, 0) is 23.8 Å². The minimum Gasteiger partial charge on any atom is -0.378 e. The molecule has 1 aromatic carbocycles. The van der Waals surface area contributed by atoms with Crippen molar-refractivity contribution in [2.45, 2.75) is 0 Å². The van der Waals surface area contributed by atoms with Crippen molar-refractivity contribution < 1.29 is 0 Å². The molecule has 1 aliphatic heterocycles. The van der Waals surface area contributed by atoms with Gasteiger partial charge in [0, 0.05) is 50.2 Å². The van der Waals surface area contributed by atoms with Gasteiger partial charge in [-0.15, -0.1) is 0 Å². The molecule has 0 N–H and O–H groups in total. The molecular weight excluding hydrogens is 272 g/mol. The van der Waals surface area contributed by atoms with Crippen molar-refractivity contribution in [1.82, 2.24) is 4.90 Å². The highest BCUT2D eigenvalue weighted by Gasteiger charge is 2.21. The fourth-order valence-corrected chi connectivity index (χ4v) is 2.49. The molecule has 110 valence electrons. The molecule has 0 aromatic heterocycles. The zero-order valence-corrected chi connectivity index (χ0v) is 13.1. The predicted molar refractivity (Wildman–Crippen MR) is 89.7 cm³/mol. The van der Waals surface area contributed by atoms with E-state index in [-0.39, 0.29) is 5.57 Å². The molecule has 0 fully saturated rings. The van der Waals surface area contributed by atoms with Gasteiger partial charge in [-0.25, -0.2) is 0 Å². The predicted octanol–water partition coefficient (Wildman–Crippen LogP) is 3.03. The molecule has 1 aliphatic rings. The molecule has 1 aromatic rings. The molecule has 22 heavy (non-hydrogen) atoms. The van der Waals surface area contributed by atoms with Crippen molar-refractivity contribution in [2.75, 3.05) is 32.6 Å². The zero-order chi connectivity index (χ0) is 16.3. The molecule has 1 heterocycles. The average Bonchev–Trinajstić information content (AvgIpc) is 2.89. The summed E-state index contributed by atoms with van der Waals surface area (Å²) in [4.78, 5) is 4.09. The average molecular weight is 290 g/mol. The number of hydrogen-bond donors (Lipinski definition) is 0. The first-order valence-corrected chi connectivity index (χ1v) is 6.92. The lowest BCUT2D eigenvalue weighted by atomic mass is 10.0. The summed E-state index contributed by atoms with van der Waals surface area (Å²) in [6.45, 7) is 4.44. The lowest BCUT2D eigenvalue weighted by Crippen LogP contribution is -2.15. The van der Waals surface area contributed by atoms with Gasteiger partial charge < -0.3 is 9.80 Å². The highest BCUT2D eigenvalue weighted by atomic mass is 15.1. The first-order valence-electron chi connectivity index (χ1n) is 6.92. The Labute approximate surface area is 131 Å². The summed E-state index contributed by atoms with van der Waals surface area (Å²) in [7, 11) is 5.95. The Morgan fingerprint density at radius 3 is 2.55 bits per heavy atom. The van der Waals surface area contributed by atoms with Crippen molar-refractivity contribution in [3.63, 3.8) is 0 Å². The normalized spacial score (nSPS) is 13.2. The maximum atomic E-state index is 9.05. The lowest BCUT2D eigenvalue weighted by molar-refractivity contribution is 0.546. The van der Waals surface area contributed by atoms with Crippen LogP contribution in [0.3, 0.4) is 0 Å². The van der Waals surface area contributed by atoms with E-state index in [0.717, 1.165) is 28.1 Å².